The van der Waals surface area contributed by atoms with Crippen LogP contribution in [-0.4, -0.2) is 25.7 Å². The fourth-order valence-electron chi connectivity index (χ4n) is 2.36. The van der Waals surface area contributed by atoms with Crippen molar-refractivity contribution in [2.75, 3.05) is 7.11 Å². The molecule has 1 aromatic heterocycles. The average molecular weight is 396 g/mol. The first kappa shape index (κ1) is 20.6. The van der Waals surface area contributed by atoms with Crippen molar-refractivity contribution in [2.45, 2.75) is 4.90 Å². The molecule has 0 N–H and O–H groups in total. The van der Waals surface area contributed by atoms with Gasteiger partial charge in [-0.2, -0.15) is 10.4 Å². The van der Waals surface area contributed by atoms with Crippen LogP contribution in [0.4, 0.5) is 0 Å². The third kappa shape index (κ3) is 4.18. The van der Waals surface area contributed by atoms with Crippen LogP contribution in [0.5, 0.6) is 5.75 Å². The van der Waals surface area contributed by atoms with Crippen LogP contribution in [0.15, 0.2) is 53.4 Å². The first-order valence-corrected chi connectivity index (χ1v) is 8.52. The van der Waals surface area contributed by atoms with E-state index in [1.54, 1.807) is 41.1 Å². The van der Waals surface area contributed by atoms with Crippen LogP contribution in [0.25, 0.3) is 16.9 Å². The Balaban J connectivity index is 0.00000243. The molecule has 1 atom stereocenters. The molecular weight excluding hydrogens is 385 g/mol. The summed E-state index contributed by atoms with van der Waals surface area (Å²) in [6.07, 6.45) is 0. The second-order valence-corrected chi connectivity index (χ2v) is 6.36. The third-order valence-electron chi connectivity index (χ3n) is 3.55. The van der Waals surface area contributed by atoms with Crippen LogP contribution in [-0.2, 0) is 11.1 Å². The molecule has 1 heterocycles. The maximum absolute atomic E-state index is 11.0. The van der Waals surface area contributed by atoms with Gasteiger partial charge >= 0.3 is 29.6 Å². The number of rotatable bonds is 4. The topological polar surface area (TPSA) is 91.0 Å². The van der Waals surface area contributed by atoms with Crippen molar-refractivity contribution in [1.82, 2.24) is 9.78 Å². The number of aromatic nitrogens is 2. The van der Waals surface area contributed by atoms with Crippen LogP contribution in [0.3, 0.4) is 0 Å². The summed E-state index contributed by atoms with van der Waals surface area (Å²) in [5.74, 6) is 0.483. The van der Waals surface area contributed by atoms with Gasteiger partial charge in [0.1, 0.15) is 11.8 Å². The van der Waals surface area contributed by atoms with Gasteiger partial charge < -0.3 is 9.29 Å². The van der Waals surface area contributed by atoms with E-state index in [0.717, 1.165) is 5.56 Å². The Bertz CT molecular complexity index is 999. The van der Waals surface area contributed by atoms with Crippen LogP contribution in [0, 0.1) is 11.3 Å². The molecule has 26 heavy (non-hydrogen) atoms. The summed E-state index contributed by atoms with van der Waals surface area (Å²) in [7, 11) is 1.51. The van der Waals surface area contributed by atoms with E-state index in [2.05, 4.69) is 5.10 Å². The fraction of sp³-hybridized carbons (Fsp3) is 0.0588. The average Bonchev–Trinajstić information content (AvgIpc) is 3.06. The number of methoxy groups -OCH3 is 1. The van der Waals surface area contributed by atoms with Crippen LogP contribution in [0.1, 0.15) is 5.69 Å². The van der Waals surface area contributed by atoms with Crippen molar-refractivity contribution in [1.29, 1.82) is 5.26 Å². The third-order valence-corrected chi connectivity index (χ3v) is 4.52. The Morgan fingerprint density at radius 1 is 1.23 bits per heavy atom. The van der Waals surface area contributed by atoms with Gasteiger partial charge in [0.2, 0.25) is 0 Å². The second kappa shape index (κ2) is 8.82. The van der Waals surface area contributed by atoms with Crippen molar-refractivity contribution in [3.05, 3.63) is 59.2 Å². The van der Waals surface area contributed by atoms with Crippen molar-refractivity contribution >= 4 is 22.7 Å². The van der Waals surface area contributed by atoms with E-state index < -0.39 is 11.1 Å². The second-order valence-electron chi connectivity index (χ2n) is 5.02. The van der Waals surface area contributed by atoms with Crippen molar-refractivity contribution in [2.24, 2.45) is 0 Å². The molecular formula is C17H11ClN3NaO3S. The summed E-state index contributed by atoms with van der Waals surface area (Å²) in [5.41, 5.74) is 2.26. The van der Waals surface area contributed by atoms with E-state index >= 15 is 0 Å². The van der Waals surface area contributed by atoms with Gasteiger partial charge in [0.25, 0.3) is 0 Å². The summed E-state index contributed by atoms with van der Waals surface area (Å²) in [6, 6.07) is 15.1. The van der Waals surface area contributed by atoms with Crippen molar-refractivity contribution in [3.63, 3.8) is 0 Å². The summed E-state index contributed by atoms with van der Waals surface area (Å²) >= 11 is 3.76. The molecule has 0 spiro atoms. The number of benzene rings is 2. The molecule has 3 aromatic rings. The Morgan fingerprint density at radius 2 is 1.92 bits per heavy atom. The minimum Gasteiger partial charge on any atom is -0.768 e. The van der Waals surface area contributed by atoms with Crippen LogP contribution < -0.4 is 34.3 Å². The number of halogens is 1. The smallest absolute Gasteiger partial charge is 0.768 e. The molecule has 0 radical (unpaired) electrons. The van der Waals surface area contributed by atoms with Crippen LogP contribution in [0.2, 0.25) is 5.02 Å². The number of hydrogen-bond acceptors (Lipinski definition) is 5. The molecule has 6 nitrogen and oxygen atoms in total. The van der Waals surface area contributed by atoms with Crippen molar-refractivity contribution in [3.8, 4) is 28.8 Å². The molecule has 0 saturated carbocycles. The number of ether oxygens (including phenoxy) is 1. The van der Waals surface area contributed by atoms with Gasteiger partial charge in [-0.05, 0) is 35.3 Å². The summed E-state index contributed by atoms with van der Waals surface area (Å²) < 4.78 is 28.8. The normalized spacial score (nSPS) is 11.3. The van der Waals surface area contributed by atoms with E-state index in [4.69, 9.17) is 16.3 Å². The number of hydrogen-bond donors (Lipinski definition) is 0. The van der Waals surface area contributed by atoms with Gasteiger partial charge in [0.15, 0.2) is 5.69 Å². The molecule has 0 aliphatic heterocycles. The van der Waals surface area contributed by atoms with Crippen LogP contribution >= 0.6 is 11.6 Å². The minimum absolute atomic E-state index is 0. The zero-order chi connectivity index (χ0) is 18.0. The van der Waals surface area contributed by atoms with Gasteiger partial charge in [0.05, 0.1) is 23.5 Å². The monoisotopic (exact) mass is 395 g/mol. The first-order valence-electron chi connectivity index (χ1n) is 7.07. The van der Waals surface area contributed by atoms with E-state index in [0.29, 0.717) is 22.2 Å². The maximum atomic E-state index is 11.0. The summed E-state index contributed by atoms with van der Waals surface area (Å²) in [4.78, 5) is 0.184. The molecule has 0 fully saturated rings. The van der Waals surface area contributed by atoms with Gasteiger partial charge in [-0.15, -0.1) is 0 Å². The Kier molecular flexibility index (Phi) is 7.01. The van der Waals surface area contributed by atoms with E-state index in [1.165, 1.54) is 19.2 Å². The molecule has 0 amide bonds. The fourth-order valence-corrected chi connectivity index (χ4v) is 2.91. The van der Waals surface area contributed by atoms with E-state index in [1.807, 2.05) is 6.07 Å². The van der Waals surface area contributed by atoms with Crippen molar-refractivity contribution < 1.29 is 43.1 Å². The molecule has 9 heteroatoms. The standard InChI is InChI=1S/C17H12ClN3O3S.Na/c1-24-17-9-13(4-7-15(17)18)21-16(8-12(10-19)20-21)11-2-5-14(6-3-11)25(22)23;/h2-9H,1H3,(H,22,23);/q;+1/p-1. The molecule has 126 valence electrons. The Labute approximate surface area is 179 Å². The minimum atomic E-state index is -2.29. The Hall–Kier alpha value is -1.66. The molecule has 0 aliphatic carbocycles. The molecule has 1 unspecified atom stereocenters. The quantitative estimate of drug-likeness (QED) is 0.468. The zero-order valence-corrected chi connectivity index (χ0v) is 17.5. The largest absolute Gasteiger partial charge is 1.00 e. The molecule has 0 saturated heterocycles. The van der Waals surface area contributed by atoms with Gasteiger partial charge in [-0.25, -0.2) is 4.68 Å². The van der Waals surface area contributed by atoms with Gasteiger partial charge in [0, 0.05) is 22.6 Å². The maximum Gasteiger partial charge on any atom is 1.00 e. The molecule has 3 rings (SSSR count). The number of nitriles is 1. The summed E-state index contributed by atoms with van der Waals surface area (Å²) in [6.45, 7) is 0. The first-order chi connectivity index (χ1) is 12.0. The zero-order valence-electron chi connectivity index (χ0n) is 14.0. The molecule has 0 aliphatic rings. The SMILES string of the molecule is COc1cc(-n2nc(C#N)cc2-c2ccc(S(=O)[O-])cc2)ccc1Cl.[Na+]. The predicted molar refractivity (Wildman–Crippen MR) is 92.5 cm³/mol. The molecule has 0 bridgehead atoms. The number of nitrogens with zero attached hydrogens (tertiary/aromatic N) is 3. The van der Waals surface area contributed by atoms with Gasteiger partial charge in [-0.3, -0.25) is 4.21 Å². The van der Waals surface area contributed by atoms with E-state index in [-0.39, 0.29) is 40.1 Å². The predicted octanol–water partition coefficient (Wildman–Crippen LogP) is 0.315. The van der Waals surface area contributed by atoms with E-state index in [9.17, 15) is 14.0 Å². The molecule has 2 aromatic carbocycles. The Morgan fingerprint density at radius 3 is 2.50 bits per heavy atom. The summed E-state index contributed by atoms with van der Waals surface area (Å²) in [5, 5.41) is 13.9. The van der Waals surface area contributed by atoms with Gasteiger partial charge in [-0.1, -0.05) is 23.7 Å².